The van der Waals surface area contributed by atoms with Crippen LogP contribution in [-0.2, 0) is 17.8 Å². The van der Waals surface area contributed by atoms with Crippen LogP contribution in [0.1, 0.15) is 42.8 Å². The molecular formula is C18H27N5O2S. The minimum atomic E-state index is -0.179. The monoisotopic (exact) mass is 377 g/mol. The predicted octanol–water partition coefficient (Wildman–Crippen LogP) is 3.06. The van der Waals surface area contributed by atoms with Crippen LogP contribution in [0.5, 0.6) is 0 Å². The van der Waals surface area contributed by atoms with Gasteiger partial charge < -0.3 is 19.9 Å². The van der Waals surface area contributed by atoms with Crippen LogP contribution < -0.4 is 10.6 Å². The average molecular weight is 378 g/mol. The molecular weight excluding hydrogens is 350 g/mol. The summed E-state index contributed by atoms with van der Waals surface area (Å²) in [7, 11) is 1.73. The molecule has 0 radical (unpaired) electrons. The fourth-order valence-electron chi connectivity index (χ4n) is 2.39. The molecule has 0 bridgehead atoms. The van der Waals surface area contributed by atoms with Crippen LogP contribution in [0, 0.1) is 6.92 Å². The molecule has 2 aromatic rings. The molecule has 0 amide bonds. The minimum absolute atomic E-state index is 0.179. The van der Waals surface area contributed by atoms with Crippen LogP contribution in [0.2, 0.25) is 0 Å². The molecule has 26 heavy (non-hydrogen) atoms. The van der Waals surface area contributed by atoms with Gasteiger partial charge in [0.15, 0.2) is 11.8 Å². The van der Waals surface area contributed by atoms with Gasteiger partial charge in [-0.25, -0.2) is 0 Å². The van der Waals surface area contributed by atoms with Gasteiger partial charge in [0.2, 0.25) is 5.89 Å². The molecule has 0 fully saturated rings. The molecule has 1 aromatic carbocycles. The molecule has 0 aliphatic carbocycles. The summed E-state index contributed by atoms with van der Waals surface area (Å²) < 4.78 is 10.7. The number of nitrogens with zero attached hydrogens (tertiary/aromatic N) is 3. The van der Waals surface area contributed by atoms with Crippen molar-refractivity contribution in [2.75, 3.05) is 19.9 Å². The van der Waals surface area contributed by atoms with E-state index in [1.807, 2.05) is 13.8 Å². The highest BCUT2D eigenvalue weighted by Gasteiger charge is 2.14. The second kappa shape index (κ2) is 10.2. The van der Waals surface area contributed by atoms with E-state index in [1.165, 1.54) is 16.0 Å². The van der Waals surface area contributed by atoms with E-state index in [4.69, 9.17) is 9.26 Å². The molecule has 0 spiro atoms. The minimum Gasteiger partial charge on any atom is -0.371 e. The Morgan fingerprint density at radius 1 is 1.35 bits per heavy atom. The van der Waals surface area contributed by atoms with Gasteiger partial charge in [0.1, 0.15) is 6.10 Å². The molecule has 1 aromatic heterocycles. The number of ether oxygens (including phenoxy) is 1. The van der Waals surface area contributed by atoms with E-state index in [9.17, 15) is 0 Å². The summed E-state index contributed by atoms with van der Waals surface area (Å²) in [4.78, 5) is 9.84. The van der Waals surface area contributed by atoms with Gasteiger partial charge in [-0.15, -0.1) is 11.8 Å². The quantitative estimate of drug-likeness (QED) is 0.415. The Morgan fingerprint density at radius 3 is 2.81 bits per heavy atom. The molecule has 142 valence electrons. The van der Waals surface area contributed by atoms with Crippen molar-refractivity contribution in [2.24, 2.45) is 4.99 Å². The van der Waals surface area contributed by atoms with E-state index < -0.39 is 0 Å². The third-order valence-electron chi connectivity index (χ3n) is 3.78. The van der Waals surface area contributed by atoms with Gasteiger partial charge in [-0.3, -0.25) is 4.99 Å². The Labute approximate surface area is 159 Å². The number of benzene rings is 1. The number of thioether (sulfide) groups is 1. The number of hydrogen-bond acceptors (Lipinski definition) is 6. The first-order chi connectivity index (χ1) is 12.6. The van der Waals surface area contributed by atoms with Crippen molar-refractivity contribution in [3.8, 4) is 0 Å². The molecule has 7 nitrogen and oxygen atoms in total. The molecule has 8 heteroatoms. The highest BCUT2D eigenvalue weighted by molar-refractivity contribution is 7.98. The van der Waals surface area contributed by atoms with E-state index in [1.54, 1.807) is 18.8 Å². The normalized spacial score (nSPS) is 12.9. The van der Waals surface area contributed by atoms with Crippen LogP contribution in [0.15, 0.2) is 32.6 Å². The Kier molecular flexibility index (Phi) is 7.93. The van der Waals surface area contributed by atoms with Crippen LogP contribution >= 0.6 is 11.8 Å². The fourth-order valence-corrected chi connectivity index (χ4v) is 3.09. The van der Waals surface area contributed by atoms with Crippen molar-refractivity contribution in [1.82, 2.24) is 20.8 Å². The summed E-state index contributed by atoms with van der Waals surface area (Å²) in [5, 5.41) is 10.4. The maximum Gasteiger partial charge on any atom is 0.246 e. The Hall–Kier alpha value is -2.06. The Bertz CT molecular complexity index is 732. The number of nitrogens with one attached hydrogen (secondary N) is 2. The first-order valence-electron chi connectivity index (χ1n) is 8.59. The lowest BCUT2D eigenvalue weighted by Gasteiger charge is -2.13. The van der Waals surface area contributed by atoms with Crippen molar-refractivity contribution in [3.05, 3.63) is 41.0 Å². The molecule has 1 heterocycles. The van der Waals surface area contributed by atoms with E-state index in [-0.39, 0.29) is 6.10 Å². The van der Waals surface area contributed by atoms with Crippen LogP contribution in [0.3, 0.4) is 0 Å². The lowest BCUT2D eigenvalue weighted by atomic mass is 10.1. The lowest BCUT2D eigenvalue weighted by molar-refractivity contribution is 0.0683. The van der Waals surface area contributed by atoms with Gasteiger partial charge in [0.25, 0.3) is 0 Å². The van der Waals surface area contributed by atoms with Crippen molar-refractivity contribution < 1.29 is 9.26 Å². The van der Waals surface area contributed by atoms with Crippen molar-refractivity contribution in [1.29, 1.82) is 0 Å². The molecule has 2 N–H and O–H groups in total. The van der Waals surface area contributed by atoms with Crippen LogP contribution in [0.4, 0.5) is 0 Å². The third-order valence-corrected chi connectivity index (χ3v) is 4.60. The number of aromatic nitrogens is 2. The molecule has 0 aliphatic heterocycles. The number of rotatable bonds is 8. The summed E-state index contributed by atoms with van der Waals surface area (Å²) >= 11 is 1.74. The highest BCUT2D eigenvalue weighted by atomic mass is 32.2. The fraction of sp³-hybridized carbons (Fsp3) is 0.500. The average Bonchev–Trinajstić information content (AvgIpc) is 3.12. The summed E-state index contributed by atoms with van der Waals surface area (Å²) in [5.41, 5.74) is 2.49. The summed E-state index contributed by atoms with van der Waals surface area (Å²) in [6.07, 6.45) is 1.91. The number of aryl methyl sites for hydroxylation is 1. The van der Waals surface area contributed by atoms with Crippen LogP contribution in [-0.4, -0.2) is 36.0 Å². The Morgan fingerprint density at radius 2 is 2.12 bits per heavy atom. The zero-order valence-corrected chi connectivity index (χ0v) is 16.8. The first-order valence-corrected chi connectivity index (χ1v) is 9.82. The van der Waals surface area contributed by atoms with E-state index >= 15 is 0 Å². The molecule has 0 aliphatic rings. The maximum atomic E-state index is 5.46. The molecule has 0 saturated heterocycles. The van der Waals surface area contributed by atoms with Gasteiger partial charge in [-0.05, 0) is 44.2 Å². The molecule has 2 rings (SSSR count). The van der Waals surface area contributed by atoms with Gasteiger partial charge in [-0.1, -0.05) is 17.3 Å². The summed E-state index contributed by atoms with van der Waals surface area (Å²) in [5.74, 6) is 1.72. The number of guanidine groups is 1. The van der Waals surface area contributed by atoms with Crippen LogP contribution in [0.25, 0.3) is 0 Å². The second-order valence-corrected chi connectivity index (χ2v) is 6.59. The zero-order chi connectivity index (χ0) is 18.9. The van der Waals surface area contributed by atoms with E-state index in [0.29, 0.717) is 37.4 Å². The third kappa shape index (κ3) is 5.74. The molecule has 1 atom stereocenters. The van der Waals surface area contributed by atoms with Gasteiger partial charge >= 0.3 is 0 Å². The summed E-state index contributed by atoms with van der Waals surface area (Å²) in [6.45, 7) is 7.63. The standard InChI is InChI=1S/C18H27N5O2S/c1-6-24-13(3)17-22-16(25-23-17)11-21-18(19-4)20-10-14-8-7-12(2)9-15(14)26-5/h7-9,13H,6,10-11H2,1-5H3,(H2,19,20,21). The largest absolute Gasteiger partial charge is 0.371 e. The van der Waals surface area contributed by atoms with Crippen molar-refractivity contribution in [2.45, 2.75) is 44.9 Å². The lowest BCUT2D eigenvalue weighted by Crippen LogP contribution is -2.36. The second-order valence-electron chi connectivity index (χ2n) is 5.74. The molecule has 0 saturated carbocycles. The van der Waals surface area contributed by atoms with Gasteiger partial charge in [0.05, 0.1) is 6.54 Å². The predicted molar refractivity (Wildman–Crippen MR) is 104 cm³/mol. The SMILES string of the molecule is CCOC(C)c1noc(CNC(=NC)NCc2ccc(C)cc2SC)n1. The zero-order valence-electron chi connectivity index (χ0n) is 16.0. The highest BCUT2D eigenvalue weighted by Crippen LogP contribution is 2.21. The topological polar surface area (TPSA) is 84.6 Å². The van der Waals surface area contributed by atoms with Crippen molar-refractivity contribution >= 4 is 17.7 Å². The maximum absolute atomic E-state index is 5.46. The van der Waals surface area contributed by atoms with Gasteiger partial charge in [0, 0.05) is 25.1 Å². The summed E-state index contributed by atoms with van der Waals surface area (Å²) in [6, 6.07) is 6.45. The van der Waals surface area contributed by atoms with E-state index in [0.717, 1.165) is 0 Å². The number of aliphatic imine (C=N–C) groups is 1. The number of hydrogen-bond donors (Lipinski definition) is 2. The van der Waals surface area contributed by atoms with Gasteiger partial charge in [-0.2, -0.15) is 4.98 Å². The van der Waals surface area contributed by atoms with Crippen molar-refractivity contribution in [3.63, 3.8) is 0 Å². The Balaban J connectivity index is 1.88. The van der Waals surface area contributed by atoms with E-state index in [2.05, 4.69) is 57.1 Å². The first kappa shape index (κ1) is 20.3. The smallest absolute Gasteiger partial charge is 0.246 e. The molecule has 1 unspecified atom stereocenters.